The molecule has 2 heterocycles. The Kier molecular flexibility index (Phi) is 7.54. The average molecular weight is 431 g/mol. The smallest absolute Gasteiger partial charge is 0.410 e. The highest BCUT2D eigenvalue weighted by molar-refractivity contribution is 5.92. The molecule has 0 spiro atoms. The summed E-state index contributed by atoms with van der Waals surface area (Å²) in [7, 11) is 0. The summed E-state index contributed by atoms with van der Waals surface area (Å²) in [6.07, 6.45) is 1.06. The van der Waals surface area contributed by atoms with Gasteiger partial charge in [-0.25, -0.2) is 4.79 Å². The van der Waals surface area contributed by atoms with Gasteiger partial charge in [-0.05, 0) is 45.7 Å². The number of nitrogens with one attached hydrogen (secondary N) is 1. The van der Waals surface area contributed by atoms with Crippen LogP contribution >= 0.6 is 0 Å². The molecule has 8 heteroatoms. The number of carbonyl (C=O) groups is 3. The molecule has 0 radical (unpaired) electrons. The van der Waals surface area contributed by atoms with E-state index in [1.807, 2.05) is 56.0 Å². The molecule has 2 aliphatic heterocycles. The monoisotopic (exact) mass is 430 g/mol. The van der Waals surface area contributed by atoms with Crippen LogP contribution in [0.1, 0.15) is 33.6 Å². The third-order valence-corrected chi connectivity index (χ3v) is 5.64. The van der Waals surface area contributed by atoms with Crippen LogP contribution in [0.5, 0.6) is 0 Å². The minimum Gasteiger partial charge on any atom is -0.444 e. The number of amides is 3. The third-order valence-electron chi connectivity index (χ3n) is 5.64. The molecule has 1 aromatic rings. The summed E-state index contributed by atoms with van der Waals surface area (Å²) in [6.45, 7) is 9.54. The van der Waals surface area contributed by atoms with Crippen LogP contribution in [0.25, 0.3) is 0 Å². The molecule has 0 bridgehead atoms. The summed E-state index contributed by atoms with van der Waals surface area (Å²) in [5, 5.41) is 2.96. The van der Waals surface area contributed by atoms with Gasteiger partial charge in [0.15, 0.2) is 0 Å². The summed E-state index contributed by atoms with van der Waals surface area (Å²) in [4.78, 5) is 43.0. The van der Waals surface area contributed by atoms with Gasteiger partial charge in [0.2, 0.25) is 11.8 Å². The predicted octanol–water partition coefficient (Wildman–Crippen LogP) is 2.42. The van der Waals surface area contributed by atoms with E-state index < -0.39 is 5.60 Å². The lowest BCUT2D eigenvalue weighted by atomic mass is 9.95. The molecular weight excluding hydrogens is 396 g/mol. The van der Waals surface area contributed by atoms with E-state index >= 15 is 0 Å². The highest BCUT2D eigenvalue weighted by atomic mass is 16.6. The van der Waals surface area contributed by atoms with Crippen LogP contribution in [0, 0.1) is 5.92 Å². The zero-order chi connectivity index (χ0) is 22.4. The second-order valence-corrected chi connectivity index (χ2v) is 9.25. The first-order valence-electron chi connectivity index (χ1n) is 11.1. The molecular formula is C23H34N4O4. The van der Waals surface area contributed by atoms with Gasteiger partial charge in [0.05, 0.1) is 6.54 Å². The van der Waals surface area contributed by atoms with Crippen molar-refractivity contribution in [2.45, 2.75) is 39.2 Å². The molecule has 3 amide bonds. The van der Waals surface area contributed by atoms with Crippen LogP contribution < -0.4 is 5.32 Å². The molecule has 1 aromatic carbocycles. The maximum atomic E-state index is 12.7. The second kappa shape index (κ2) is 10.1. The van der Waals surface area contributed by atoms with E-state index in [-0.39, 0.29) is 23.8 Å². The average Bonchev–Trinajstić information content (AvgIpc) is 2.74. The zero-order valence-electron chi connectivity index (χ0n) is 18.8. The van der Waals surface area contributed by atoms with Gasteiger partial charge < -0.3 is 19.9 Å². The van der Waals surface area contributed by atoms with Crippen LogP contribution in [0.2, 0.25) is 0 Å². The molecule has 2 fully saturated rings. The van der Waals surface area contributed by atoms with Gasteiger partial charge in [-0.2, -0.15) is 0 Å². The maximum absolute atomic E-state index is 12.7. The van der Waals surface area contributed by atoms with Crippen LogP contribution in [0.4, 0.5) is 10.5 Å². The van der Waals surface area contributed by atoms with Gasteiger partial charge in [-0.15, -0.1) is 0 Å². The van der Waals surface area contributed by atoms with Crippen LogP contribution in [-0.2, 0) is 14.3 Å². The van der Waals surface area contributed by atoms with E-state index in [0.29, 0.717) is 58.7 Å². The Morgan fingerprint density at radius 2 is 1.55 bits per heavy atom. The summed E-state index contributed by atoms with van der Waals surface area (Å²) in [5.41, 5.74) is 0.297. The van der Waals surface area contributed by atoms with Crippen molar-refractivity contribution in [2.24, 2.45) is 5.92 Å². The number of para-hydroxylation sites is 1. The van der Waals surface area contributed by atoms with Crippen LogP contribution in [-0.4, -0.2) is 84.0 Å². The fraction of sp³-hybridized carbons (Fsp3) is 0.609. The second-order valence-electron chi connectivity index (χ2n) is 9.25. The Balaban J connectivity index is 1.38. The van der Waals surface area contributed by atoms with E-state index in [1.165, 1.54) is 0 Å². The quantitative estimate of drug-likeness (QED) is 0.793. The number of piperidine rings is 1. The molecule has 0 aromatic heterocycles. The van der Waals surface area contributed by atoms with E-state index in [9.17, 15) is 14.4 Å². The standard InChI is InChI=1S/C23H34N4O4/c1-23(2,3)31-22(30)27-15-13-25(14-16-27)17-20(28)26-11-9-18(10-12-26)21(29)24-19-7-5-4-6-8-19/h4-8,18H,9-17H2,1-3H3,(H,24,29). The number of ether oxygens (including phenoxy) is 1. The number of carbonyl (C=O) groups excluding carboxylic acids is 3. The molecule has 2 saturated heterocycles. The fourth-order valence-corrected chi connectivity index (χ4v) is 3.86. The Morgan fingerprint density at radius 1 is 0.935 bits per heavy atom. The number of rotatable bonds is 4. The van der Waals surface area contributed by atoms with Crippen molar-refractivity contribution >= 4 is 23.6 Å². The summed E-state index contributed by atoms with van der Waals surface area (Å²) >= 11 is 0. The highest BCUT2D eigenvalue weighted by Gasteiger charge is 2.30. The molecule has 0 atom stereocenters. The lowest BCUT2D eigenvalue weighted by Gasteiger charge is -2.37. The predicted molar refractivity (Wildman–Crippen MR) is 119 cm³/mol. The Bertz CT molecular complexity index is 762. The maximum Gasteiger partial charge on any atom is 0.410 e. The summed E-state index contributed by atoms with van der Waals surface area (Å²) in [5.74, 6) is 0.0471. The fourth-order valence-electron chi connectivity index (χ4n) is 3.86. The molecule has 2 aliphatic rings. The number of nitrogens with zero attached hydrogens (tertiary/aromatic N) is 3. The Morgan fingerprint density at radius 3 is 2.13 bits per heavy atom. The highest BCUT2D eigenvalue weighted by Crippen LogP contribution is 2.20. The number of hydrogen-bond acceptors (Lipinski definition) is 5. The zero-order valence-corrected chi connectivity index (χ0v) is 18.8. The number of piperazine rings is 1. The van der Waals surface area contributed by atoms with Gasteiger partial charge in [0.1, 0.15) is 5.60 Å². The Labute approximate surface area is 184 Å². The third kappa shape index (κ3) is 6.95. The number of hydrogen-bond donors (Lipinski definition) is 1. The van der Waals surface area contributed by atoms with Crippen molar-refractivity contribution in [2.75, 3.05) is 51.1 Å². The van der Waals surface area contributed by atoms with Gasteiger partial charge in [0.25, 0.3) is 0 Å². The van der Waals surface area contributed by atoms with E-state index in [4.69, 9.17) is 4.74 Å². The topological polar surface area (TPSA) is 82.2 Å². The van der Waals surface area contributed by atoms with Crippen molar-refractivity contribution in [1.82, 2.24) is 14.7 Å². The normalized spacial score (nSPS) is 18.5. The van der Waals surface area contributed by atoms with Crippen LogP contribution in [0.15, 0.2) is 30.3 Å². The lowest BCUT2D eigenvalue weighted by Crippen LogP contribution is -2.53. The minimum atomic E-state index is -0.506. The van der Waals surface area contributed by atoms with Crippen molar-refractivity contribution < 1.29 is 19.1 Å². The largest absolute Gasteiger partial charge is 0.444 e. The molecule has 0 aliphatic carbocycles. The molecule has 170 valence electrons. The molecule has 31 heavy (non-hydrogen) atoms. The molecule has 8 nitrogen and oxygen atoms in total. The Hall–Kier alpha value is -2.61. The van der Waals surface area contributed by atoms with Gasteiger partial charge in [-0.1, -0.05) is 18.2 Å². The minimum absolute atomic E-state index is 0.0246. The van der Waals surface area contributed by atoms with Gasteiger partial charge >= 0.3 is 6.09 Å². The van der Waals surface area contributed by atoms with Crippen molar-refractivity contribution in [1.29, 1.82) is 0 Å². The first-order chi connectivity index (χ1) is 14.7. The lowest BCUT2D eigenvalue weighted by molar-refractivity contribution is -0.135. The first kappa shape index (κ1) is 23.1. The van der Waals surface area contributed by atoms with Crippen LogP contribution in [0.3, 0.4) is 0 Å². The summed E-state index contributed by atoms with van der Waals surface area (Å²) in [6, 6.07) is 9.45. The molecule has 3 rings (SSSR count). The molecule has 1 N–H and O–H groups in total. The van der Waals surface area contributed by atoms with Crippen molar-refractivity contribution in [3.63, 3.8) is 0 Å². The molecule has 0 saturated carbocycles. The summed E-state index contributed by atoms with van der Waals surface area (Å²) < 4.78 is 5.42. The first-order valence-corrected chi connectivity index (χ1v) is 11.1. The number of likely N-dealkylation sites (tertiary alicyclic amines) is 1. The molecule has 0 unspecified atom stereocenters. The van der Waals surface area contributed by atoms with Gasteiger partial charge in [-0.3, -0.25) is 14.5 Å². The number of anilines is 1. The van der Waals surface area contributed by atoms with Gasteiger partial charge in [0, 0.05) is 50.9 Å². The van der Waals surface area contributed by atoms with E-state index in [2.05, 4.69) is 10.2 Å². The van der Waals surface area contributed by atoms with E-state index in [0.717, 1.165) is 5.69 Å². The van der Waals surface area contributed by atoms with E-state index in [1.54, 1.807) is 4.90 Å². The SMILES string of the molecule is CC(C)(C)OC(=O)N1CCN(CC(=O)N2CCC(C(=O)Nc3ccccc3)CC2)CC1. The van der Waals surface area contributed by atoms with Crippen molar-refractivity contribution in [3.05, 3.63) is 30.3 Å². The number of benzene rings is 1. The van der Waals surface area contributed by atoms with Crippen molar-refractivity contribution in [3.8, 4) is 0 Å².